The largest absolute Gasteiger partial charge is 0.462 e. The molecule has 0 aromatic carbocycles. The van der Waals surface area contributed by atoms with Crippen molar-refractivity contribution in [1.82, 2.24) is 0 Å². The summed E-state index contributed by atoms with van der Waals surface area (Å²) in [5, 5.41) is 0. The van der Waals surface area contributed by atoms with E-state index < -0.39 is 12.1 Å². The van der Waals surface area contributed by atoms with Crippen LogP contribution in [-0.4, -0.2) is 37.2 Å². The number of rotatable bonds is 57. The molecule has 6 heteroatoms. The van der Waals surface area contributed by atoms with Crippen molar-refractivity contribution >= 4 is 17.9 Å². The van der Waals surface area contributed by atoms with Crippen molar-refractivity contribution < 1.29 is 28.6 Å². The second kappa shape index (κ2) is 68.7. The molecule has 0 saturated heterocycles. The Morgan fingerprint density at radius 3 is 0.783 bits per heavy atom. The van der Waals surface area contributed by atoms with E-state index in [1.807, 2.05) is 6.08 Å². The number of hydrogen-bond donors (Lipinski definition) is 0. The van der Waals surface area contributed by atoms with Gasteiger partial charge in [0, 0.05) is 12.8 Å². The van der Waals surface area contributed by atoms with Gasteiger partial charge < -0.3 is 14.2 Å². The molecule has 0 aliphatic rings. The van der Waals surface area contributed by atoms with Crippen LogP contribution in [0.15, 0.2) is 194 Å². The fourth-order valence-corrected chi connectivity index (χ4v) is 8.31. The lowest BCUT2D eigenvalue weighted by atomic mass is 10.0. The van der Waals surface area contributed by atoms with E-state index in [-0.39, 0.29) is 38.0 Å². The Kier molecular flexibility index (Phi) is 64.0. The summed E-state index contributed by atoms with van der Waals surface area (Å²) in [6.07, 6.45) is 105. The lowest BCUT2D eigenvalue weighted by Crippen LogP contribution is -2.30. The predicted octanol–water partition coefficient (Wildman–Crippen LogP) is 23.0. The van der Waals surface area contributed by atoms with Crippen molar-refractivity contribution in [3.63, 3.8) is 0 Å². The van der Waals surface area contributed by atoms with Gasteiger partial charge in [-0.2, -0.15) is 0 Å². The Labute approximate surface area is 509 Å². The number of hydrogen-bond acceptors (Lipinski definition) is 6. The Bertz CT molecular complexity index is 1990. The monoisotopic (exact) mass is 1140 g/mol. The van der Waals surface area contributed by atoms with Gasteiger partial charge in [0.25, 0.3) is 0 Å². The van der Waals surface area contributed by atoms with E-state index in [9.17, 15) is 14.4 Å². The molecule has 0 bridgehead atoms. The van der Waals surface area contributed by atoms with Gasteiger partial charge >= 0.3 is 17.9 Å². The highest BCUT2D eigenvalue weighted by molar-refractivity contribution is 5.72. The third-order valence-electron chi connectivity index (χ3n) is 13.1. The smallest absolute Gasteiger partial charge is 0.309 e. The summed E-state index contributed by atoms with van der Waals surface area (Å²) in [6, 6.07) is 0. The average Bonchev–Trinajstić information content (AvgIpc) is 3.49. The summed E-state index contributed by atoms with van der Waals surface area (Å²) in [6.45, 7) is 6.18. The number of carbonyl (C=O) groups is 3. The van der Waals surface area contributed by atoms with Crippen molar-refractivity contribution in [3.8, 4) is 0 Å². The lowest BCUT2D eigenvalue weighted by Gasteiger charge is -2.18. The molecule has 0 amide bonds. The van der Waals surface area contributed by atoms with E-state index in [1.165, 1.54) is 57.8 Å². The Morgan fingerprint density at radius 2 is 0.482 bits per heavy atom. The maximum atomic E-state index is 12.9. The van der Waals surface area contributed by atoms with Crippen LogP contribution in [-0.2, 0) is 28.6 Å². The standard InChI is InChI=1S/C77H118O6/c1-4-7-10-13-16-19-22-25-28-30-32-34-36-37-38-39-41-42-44-46-49-52-55-58-61-64-67-70-76(79)82-73-74(72-81-75(78)69-66-63-60-57-54-51-48-27-24-21-18-15-12-9-6-3)83-77(80)71-68-65-62-59-56-53-50-47-45-43-40-35-33-31-29-26-23-20-17-14-11-8-5-2/h7-12,16-21,25-29,32-35,37-38,43,45,48,50,53-54,57,63,66,74H,4-6,13-15,22-24,30-31,36,39-42,44,46-47,49,51-52,55-56,58-62,64-65,67-73H2,1-3H3/b10-7-,11-8-,12-9-,19-16-,20-17-,21-18-,28-25-,29-26-,34-32-,35-33-,38-37-,45-43-,48-27-,53-50-,57-54-,66-63-. The van der Waals surface area contributed by atoms with E-state index in [4.69, 9.17) is 14.2 Å². The highest BCUT2D eigenvalue weighted by Crippen LogP contribution is 2.14. The summed E-state index contributed by atoms with van der Waals surface area (Å²) >= 11 is 0. The molecule has 1 atom stereocenters. The van der Waals surface area contributed by atoms with Crippen molar-refractivity contribution in [2.45, 2.75) is 258 Å². The molecule has 83 heavy (non-hydrogen) atoms. The van der Waals surface area contributed by atoms with E-state index in [1.54, 1.807) is 6.08 Å². The van der Waals surface area contributed by atoms with Crippen LogP contribution in [0.1, 0.15) is 252 Å². The van der Waals surface area contributed by atoms with Crippen molar-refractivity contribution in [3.05, 3.63) is 194 Å². The third kappa shape index (κ3) is 66.9. The molecular weight excluding hydrogens is 1020 g/mol. The highest BCUT2D eigenvalue weighted by atomic mass is 16.6. The number of esters is 3. The molecule has 0 fully saturated rings. The molecule has 0 heterocycles. The first-order valence-electron chi connectivity index (χ1n) is 32.9. The first-order valence-corrected chi connectivity index (χ1v) is 32.9. The average molecular weight is 1140 g/mol. The summed E-state index contributed by atoms with van der Waals surface area (Å²) in [5.74, 6) is -1.10. The molecule has 6 nitrogen and oxygen atoms in total. The fraction of sp³-hybridized carbons (Fsp3) is 0.545. The van der Waals surface area contributed by atoms with Gasteiger partial charge in [0.05, 0.1) is 6.42 Å². The molecule has 462 valence electrons. The van der Waals surface area contributed by atoms with Crippen LogP contribution < -0.4 is 0 Å². The summed E-state index contributed by atoms with van der Waals surface area (Å²) < 4.78 is 16.8. The van der Waals surface area contributed by atoms with E-state index in [0.29, 0.717) is 12.8 Å². The zero-order valence-corrected chi connectivity index (χ0v) is 52.9. The van der Waals surface area contributed by atoms with E-state index >= 15 is 0 Å². The van der Waals surface area contributed by atoms with Crippen LogP contribution in [0.5, 0.6) is 0 Å². The molecule has 0 radical (unpaired) electrons. The SMILES string of the molecule is CC/C=C\C/C=C\C/C=C\C/C=C\C/C=C\C/C=C\CCCCCCC(=O)OC(COC(=O)C/C=C\C/C=C\C/C=C\C/C=C\C/C=C\CC)COC(=O)CCCCCCCCCCCCC/C=C\C/C=C\C/C=C\C/C=C\C/C=C\CC. The van der Waals surface area contributed by atoms with Gasteiger partial charge in [-0.05, 0) is 141 Å². The van der Waals surface area contributed by atoms with Crippen molar-refractivity contribution in [2.24, 2.45) is 0 Å². The zero-order chi connectivity index (χ0) is 59.9. The molecule has 0 aromatic heterocycles. The number of unbranched alkanes of at least 4 members (excludes halogenated alkanes) is 15. The minimum Gasteiger partial charge on any atom is -0.462 e. The number of ether oxygens (including phenoxy) is 3. The number of allylic oxidation sites excluding steroid dienone is 31. The van der Waals surface area contributed by atoms with Gasteiger partial charge in [-0.25, -0.2) is 0 Å². The minimum absolute atomic E-state index is 0.111. The van der Waals surface area contributed by atoms with Gasteiger partial charge in [-0.3, -0.25) is 14.4 Å². The molecule has 1 unspecified atom stereocenters. The summed E-state index contributed by atoms with van der Waals surface area (Å²) in [5.41, 5.74) is 0. The zero-order valence-electron chi connectivity index (χ0n) is 52.9. The fourth-order valence-electron chi connectivity index (χ4n) is 8.31. The second-order valence-corrected chi connectivity index (χ2v) is 20.9. The van der Waals surface area contributed by atoms with Gasteiger partial charge in [-0.15, -0.1) is 0 Å². The van der Waals surface area contributed by atoms with Gasteiger partial charge in [0.2, 0.25) is 0 Å². The van der Waals surface area contributed by atoms with E-state index in [2.05, 4.69) is 203 Å². The molecule has 0 N–H and O–H groups in total. The first-order chi connectivity index (χ1) is 41.0. The Morgan fingerprint density at radius 1 is 0.253 bits per heavy atom. The van der Waals surface area contributed by atoms with E-state index in [0.717, 1.165) is 148 Å². The maximum Gasteiger partial charge on any atom is 0.309 e. The lowest BCUT2D eigenvalue weighted by molar-refractivity contribution is -0.166. The molecular formula is C77H118O6. The predicted molar refractivity (Wildman–Crippen MR) is 361 cm³/mol. The topological polar surface area (TPSA) is 78.9 Å². The third-order valence-corrected chi connectivity index (χ3v) is 13.1. The Balaban J connectivity index is 4.50. The van der Waals surface area contributed by atoms with Crippen LogP contribution >= 0.6 is 0 Å². The van der Waals surface area contributed by atoms with Gasteiger partial charge in [-0.1, -0.05) is 286 Å². The van der Waals surface area contributed by atoms with Crippen molar-refractivity contribution in [2.75, 3.05) is 13.2 Å². The summed E-state index contributed by atoms with van der Waals surface area (Å²) in [4.78, 5) is 38.3. The first kappa shape index (κ1) is 77.2. The minimum atomic E-state index is -0.847. The number of carbonyl (C=O) groups excluding carboxylic acids is 3. The molecule has 0 saturated carbocycles. The molecule has 0 spiro atoms. The Hall–Kier alpha value is -5.75. The normalized spacial score (nSPS) is 13.4. The van der Waals surface area contributed by atoms with Crippen LogP contribution in [0.25, 0.3) is 0 Å². The van der Waals surface area contributed by atoms with Crippen molar-refractivity contribution in [1.29, 1.82) is 0 Å². The maximum absolute atomic E-state index is 12.9. The van der Waals surface area contributed by atoms with Gasteiger partial charge in [0.15, 0.2) is 6.10 Å². The molecule has 0 aliphatic carbocycles. The quantitative estimate of drug-likeness (QED) is 0.0261. The highest BCUT2D eigenvalue weighted by Gasteiger charge is 2.19. The van der Waals surface area contributed by atoms with Crippen LogP contribution in [0.3, 0.4) is 0 Å². The van der Waals surface area contributed by atoms with Gasteiger partial charge in [0.1, 0.15) is 13.2 Å². The second-order valence-electron chi connectivity index (χ2n) is 20.9. The molecule has 0 rings (SSSR count). The van der Waals surface area contributed by atoms with Crippen LogP contribution in [0.4, 0.5) is 0 Å². The van der Waals surface area contributed by atoms with Crippen LogP contribution in [0, 0.1) is 0 Å². The van der Waals surface area contributed by atoms with Crippen LogP contribution in [0.2, 0.25) is 0 Å². The molecule has 0 aromatic rings. The molecule has 0 aliphatic heterocycles. The summed E-state index contributed by atoms with van der Waals surface area (Å²) in [7, 11) is 0.